The van der Waals surface area contributed by atoms with E-state index in [1.807, 2.05) is 0 Å². The van der Waals surface area contributed by atoms with Crippen LogP contribution >= 0.6 is 0 Å². The van der Waals surface area contributed by atoms with Crippen LogP contribution in [0.2, 0.25) is 0 Å². The Morgan fingerprint density at radius 1 is 0.410 bits per heavy atom. The summed E-state index contributed by atoms with van der Waals surface area (Å²) in [6, 6.07) is 41.7. The van der Waals surface area contributed by atoms with E-state index in [-0.39, 0.29) is 5.41 Å². The van der Waals surface area contributed by atoms with E-state index in [9.17, 15) is 0 Å². The summed E-state index contributed by atoms with van der Waals surface area (Å²) in [6.07, 6.45) is 22.6. The highest BCUT2D eigenvalue weighted by molar-refractivity contribution is 5.92. The Balaban J connectivity index is 1.39. The van der Waals surface area contributed by atoms with Gasteiger partial charge in [0.25, 0.3) is 0 Å². The fourth-order valence-corrected chi connectivity index (χ4v) is 11.1. The van der Waals surface area contributed by atoms with Crippen molar-refractivity contribution in [2.24, 2.45) is 0 Å². The first-order chi connectivity index (χ1) is 30.0. The van der Waals surface area contributed by atoms with Crippen molar-refractivity contribution in [2.75, 3.05) is 26.4 Å². The Morgan fingerprint density at radius 2 is 0.902 bits per heavy atom. The second-order valence-electron chi connectivity index (χ2n) is 18.4. The highest BCUT2D eigenvalue weighted by atomic mass is 16.5. The highest BCUT2D eigenvalue weighted by Crippen LogP contribution is 2.62. The number of unbranched alkanes of at least 4 members (excludes halogenated alkanes) is 10. The second-order valence-corrected chi connectivity index (χ2v) is 18.4. The highest BCUT2D eigenvalue weighted by Gasteiger charge is 2.50. The molecule has 0 heterocycles. The maximum Gasteiger partial charge on any atom is 0.0713 e. The Kier molecular flexibility index (Phi) is 16.2. The summed E-state index contributed by atoms with van der Waals surface area (Å²) in [7, 11) is 0. The second kappa shape index (κ2) is 21.9. The Morgan fingerprint density at radius 3 is 1.46 bits per heavy atom. The number of fused-ring (bicyclic) bond motifs is 6. The first-order valence-electron chi connectivity index (χ1n) is 24.8. The van der Waals surface area contributed by atoms with Crippen molar-refractivity contribution < 1.29 is 9.47 Å². The van der Waals surface area contributed by atoms with E-state index in [0.29, 0.717) is 0 Å². The predicted molar refractivity (Wildman–Crippen MR) is 260 cm³/mol. The van der Waals surface area contributed by atoms with Crippen molar-refractivity contribution in [2.45, 2.75) is 161 Å². The minimum Gasteiger partial charge on any atom is -0.382 e. The normalized spacial score (nSPS) is 14.2. The molecule has 0 aromatic heterocycles. The van der Waals surface area contributed by atoms with Gasteiger partial charge in [-0.1, -0.05) is 187 Å². The van der Waals surface area contributed by atoms with Gasteiger partial charge in [0.1, 0.15) is 0 Å². The molecule has 324 valence electrons. The number of hydrogen-bond acceptors (Lipinski definition) is 2. The lowest BCUT2D eigenvalue weighted by Gasteiger charge is -2.35. The molecule has 0 aliphatic heterocycles. The summed E-state index contributed by atoms with van der Waals surface area (Å²) in [6.45, 7) is 14.3. The predicted octanol–water partition coefficient (Wildman–Crippen LogP) is 16.1. The van der Waals surface area contributed by atoms with E-state index < -0.39 is 5.41 Å². The van der Waals surface area contributed by atoms with Gasteiger partial charge in [0.05, 0.1) is 5.41 Å². The van der Waals surface area contributed by atoms with Crippen LogP contribution in [0.5, 0.6) is 0 Å². The molecule has 7 rings (SSSR count). The van der Waals surface area contributed by atoms with Gasteiger partial charge in [-0.15, -0.1) is 0 Å². The summed E-state index contributed by atoms with van der Waals surface area (Å²) in [4.78, 5) is 0. The van der Waals surface area contributed by atoms with E-state index in [0.717, 1.165) is 52.1 Å². The van der Waals surface area contributed by atoms with E-state index in [1.165, 1.54) is 151 Å². The van der Waals surface area contributed by atoms with Gasteiger partial charge in [0, 0.05) is 31.8 Å². The van der Waals surface area contributed by atoms with Crippen LogP contribution in [0.25, 0.3) is 22.3 Å². The van der Waals surface area contributed by atoms with E-state index in [1.54, 1.807) is 11.1 Å². The number of aryl methyl sites for hydroxylation is 3. The third-order valence-electron chi connectivity index (χ3n) is 14.3. The van der Waals surface area contributed by atoms with Crippen LogP contribution in [0.4, 0.5) is 0 Å². The molecule has 0 spiro atoms. The molecule has 0 saturated heterocycles. The van der Waals surface area contributed by atoms with Crippen LogP contribution in [0.15, 0.2) is 103 Å². The number of ether oxygens (including phenoxy) is 2. The van der Waals surface area contributed by atoms with Crippen molar-refractivity contribution in [1.29, 1.82) is 0 Å². The van der Waals surface area contributed by atoms with Crippen molar-refractivity contribution in [3.05, 3.63) is 153 Å². The molecule has 2 nitrogen and oxygen atoms in total. The molecule has 2 aliphatic carbocycles. The minimum atomic E-state index is -0.445. The Bertz CT molecular complexity index is 2050. The van der Waals surface area contributed by atoms with Gasteiger partial charge >= 0.3 is 0 Å². The van der Waals surface area contributed by atoms with Crippen LogP contribution in [-0.4, -0.2) is 26.4 Å². The van der Waals surface area contributed by atoms with E-state index in [2.05, 4.69) is 138 Å². The molecule has 5 aromatic carbocycles. The van der Waals surface area contributed by atoms with E-state index >= 15 is 0 Å². The molecule has 5 aromatic rings. The topological polar surface area (TPSA) is 18.5 Å². The van der Waals surface area contributed by atoms with E-state index in [4.69, 9.17) is 9.47 Å². The molecule has 0 fully saturated rings. The van der Waals surface area contributed by atoms with Crippen molar-refractivity contribution in [3.8, 4) is 22.3 Å². The zero-order chi connectivity index (χ0) is 42.5. The van der Waals surface area contributed by atoms with Gasteiger partial charge in [-0.2, -0.15) is 0 Å². The third kappa shape index (κ3) is 9.67. The van der Waals surface area contributed by atoms with Crippen molar-refractivity contribution >= 4 is 0 Å². The smallest absolute Gasteiger partial charge is 0.0713 e. The molecule has 0 bridgehead atoms. The minimum absolute atomic E-state index is 0.0397. The molecule has 0 unspecified atom stereocenters. The van der Waals surface area contributed by atoms with Gasteiger partial charge in [-0.25, -0.2) is 0 Å². The molecule has 0 amide bonds. The summed E-state index contributed by atoms with van der Waals surface area (Å²) < 4.78 is 11.4. The molecular formula is C59H76O2. The van der Waals surface area contributed by atoms with Gasteiger partial charge < -0.3 is 9.47 Å². The summed E-state index contributed by atoms with van der Waals surface area (Å²) in [5.74, 6) is 0. The maximum absolute atomic E-state index is 5.72. The lowest BCUT2D eigenvalue weighted by Crippen LogP contribution is -2.29. The molecule has 0 radical (unpaired) electrons. The molecular weight excluding hydrogens is 741 g/mol. The van der Waals surface area contributed by atoms with Crippen molar-refractivity contribution in [1.82, 2.24) is 0 Å². The summed E-state index contributed by atoms with van der Waals surface area (Å²) >= 11 is 0. The van der Waals surface area contributed by atoms with Crippen LogP contribution < -0.4 is 0 Å². The molecule has 2 aliphatic rings. The summed E-state index contributed by atoms with van der Waals surface area (Å²) in [5, 5.41) is 0. The number of rotatable bonds is 26. The van der Waals surface area contributed by atoms with Gasteiger partial charge in [0.15, 0.2) is 0 Å². The van der Waals surface area contributed by atoms with Gasteiger partial charge in [-0.3, -0.25) is 0 Å². The van der Waals surface area contributed by atoms with Crippen LogP contribution in [0.1, 0.15) is 180 Å². The monoisotopic (exact) mass is 817 g/mol. The Hall–Kier alpha value is -3.98. The summed E-state index contributed by atoms with van der Waals surface area (Å²) in [5.41, 5.74) is 18.2. The van der Waals surface area contributed by atoms with Crippen LogP contribution in [0, 0.1) is 6.92 Å². The third-order valence-corrected chi connectivity index (χ3v) is 14.3. The fourth-order valence-electron chi connectivity index (χ4n) is 11.1. The van der Waals surface area contributed by atoms with Crippen LogP contribution in [-0.2, 0) is 33.1 Å². The van der Waals surface area contributed by atoms with Gasteiger partial charge in [0.2, 0.25) is 0 Å². The zero-order valence-corrected chi connectivity index (χ0v) is 38.7. The lowest BCUT2D eigenvalue weighted by atomic mass is 9.66. The maximum atomic E-state index is 5.72. The molecule has 2 heteroatoms. The quantitative estimate of drug-likeness (QED) is 0.0508. The van der Waals surface area contributed by atoms with Crippen molar-refractivity contribution in [3.63, 3.8) is 0 Å². The fraction of sp³-hybridized carbons (Fsp3) is 0.492. The SMILES string of the molecule is CCCCCCCCC1(CCCCCCCC)c2ccccc2-c2cc3c(cc21)-c1cc(C)ccc1C3(c1ccc(CCCOCC)cc1)c1ccc(CCCOCC)cc1. The lowest BCUT2D eigenvalue weighted by molar-refractivity contribution is 0.145. The van der Waals surface area contributed by atoms with Crippen LogP contribution in [0.3, 0.4) is 0 Å². The Labute approximate surface area is 370 Å². The first kappa shape index (κ1) is 45.1. The number of benzene rings is 5. The number of hydrogen-bond donors (Lipinski definition) is 0. The van der Waals surface area contributed by atoms with Gasteiger partial charge in [-0.05, 0) is 138 Å². The molecule has 0 atom stereocenters. The standard InChI is InChI=1S/C59H76O2/c1-6-10-12-14-16-20-38-58(39-21-17-15-13-11-7-2)54-27-19-18-26-50(54)52-44-57-53(43-56(52)58)51-42-45(5)28-37-55(51)59(57,48-33-29-46(30-34-48)24-22-40-60-8-3)49-35-31-47(32-36-49)25-23-41-61-9-4/h18-19,26-37,42-44H,6-17,20-25,38-41H2,1-5H3. The zero-order valence-electron chi connectivity index (χ0n) is 38.7. The molecule has 0 N–H and O–H groups in total. The largest absolute Gasteiger partial charge is 0.382 e. The molecule has 61 heavy (non-hydrogen) atoms. The average molecular weight is 817 g/mol. The molecule has 0 saturated carbocycles. The first-order valence-corrected chi connectivity index (χ1v) is 24.8. The average Bonchev–Trinajstić information content (AvgIpc) is 3.72.